The molecule has 0 N–H and O–H groups in total. The maximum absolute atomic E-state index is 2.25. The molecule has 34 valence electrons. The van der Waals surface area contributed by atoms with E-state index >= 15 is 0 Å². The van der Waals surface area contributed by atoms with E-state index in [9.17, 15) is 0 Å². The van der Waals surface area contributed by atoms with Crippen LogP contribution in [-0.2, 0) is 0 Å². The summed E-state index contributed by atoms with van der Waals surface area (Å²) in [5.74, 6) is 0. The number of allylic oxidation sites excluding steroid dienone is 4. The topological polar surface area (TPSA) is 0 Å². The van der Waals surface area contributed by atoms with Gasteiger partial charge >= 0.3 is 0 Å². The van der Waals surface area contributed by atoms with E-state index in [4.69, 9.17) is 0 Å². The van der Waals surface area contributed by atoms with E-state index in [0.29, 0.717) is 0 Å². The fourth-order valence-corrected chi connectivity index (χ4v) is 1.51. The van der Waals surface area contributed by atoms with Gasteiger partial charge in [-0.05, 0) is 5.29 Å². The standard InChI is InChI=1S/C6H5P/c1-2-4-6-5(3-1)7-6/h1-5H. The Balaban J connectivity index is 2.38. The van der Waals surface area contributed by atoms with Crippen LogP contribution in [-0.4, -0.2) is 11.0 Å². The molecule has 1 heterocycles. The third kappa shape index (κ3) is 0.470. The molecule has 0 fully saturated rings. The van der Waals surface area contributed by atoms with Crippen molar-refractivity contribution in [3.63, 3.8) is 0 Å². The molecular formula is C6H5P. The van der Waals surface area contributed by atoms with Crippen LogP contribution in [0.4, 0.5) is 0 Å². The monoisotopic (exact) mass is 108 g/mol. The molecule has 2 aliphatic rings. The maximum Gasteiger partial charge on any atom is 0.0485 e. The molecule has 1 aliphatic heterocycles. The number of fused-ring (bicyclic) bond motifs is 1. The van der Waals surface area contributed by atoms with E-state index in [2.05, 4.69) is 24.3 Å². The second-order valence-electron chi connectivity index (χ2n) is 1.74. The highest BCUT2D eigenvalue weighted by Gasteiger charge is 2.20. The van der Waals surface area contributed by atoms with Crippen molar-refractivity contribution in [2.75, 3.05) is 0 Å². The van der Waals surface area contributed by atoms with Crippen molar-refractivity contribution in [2.45, 2.75) is 5.66 Å². The van der Waals surface area contributed by atoms with Crippen molar-refractivity contribution in [1.82, 2.24) is 0 Å². The summed E-state index contributed by atoms with van der Waals surface area (Å²) < 4.78 is 0. The molecule has 7 heavy (non-hydrogen) atoms. The minimum atomic E-state index is 0.824. The van der Waals surface area contributed by atoms with E-state index in [1.165, 1.54) is 8.20 Å². The zero-order valence-electron chi connectivity index (χ0n) is 3.83. The highest BCUT2D eigenvalue weighted by molar-refractivity contribution is 7.55. The van der Waals surface area contributed by atoms with Gasteiger partial charge in [-0.3, -0.25) is 0 Å². The third-order valence-electron chi connectivity index (χ3n) is 1.19. The molecule has 1 atom stereocenters. The molecule has 1 unspecified atom stereocenters. The Kier molecular flexibility index (Phi) is 0.558. The van der Waals surface area contributed by atoms with Crippen molar-refractivity contribution in [3.8, 4) is 0 Å². The summed E-state index contributed by atoms with van der Waals surface area (Å²) in [7, 11) is 1.53. The van der Waals surface area contributed by atoms with Gasteiger partial charge in [0.15, 0.2) is 0 Å². The van der Waals surface area contributed by atoms with E-state index < -0.39 is 0 Å². The van der Waals surface area contributed by atoms with Crippen molar-refractivity contribution >= 4 is 13.5 Å². The Bertz CT molecular complexity index is 175. The van der Waals surface area contributed by atoms with Gasteiger partial charge in [0, 0.05) is 5.66 Å². The lowest BCUT2D eigenvalue weighted by atomic mass is 10.2. The van der Waals surface area contributed by atoms with Crippen molar-refractivity contribution < 1.29 is 0 Å². The van der Waals surface area contributed by atoms with Gasteiger partial charge in [0.25, 0.3) is 0 Å². The van der Waals surface area contributed by atoms with Gasteiger partial charge in [-0.15, -0.1) is 0 Å². The van der Waals surface area contributed by atoms with Gasteiger partial charge in [-0.25, -0.2) is 0 Å². The third-order valence-corrected chi connectivity index (χ3v) is 2.37. The van der Waals surface area contributed by atoms with E-state index in [0.717, 1.165) is 5.66 Å². The molecule has 1 heteroatoms. The second-order valence-corrected chi connectivity index (χ2v) is 3.07. The first-order valence-corrected chi connectivity index (χ1v) is 3.36. The van der Waals surface area contributed by atoms with E-state index in [1.807, 2.05) is 0 Å². The highest BCUT2D eigenvalue weighted by Crippen LogP contribution is 2.34. The average molecular weight is 108 g/mol. The molecule has 0 aromatic heterocycles. The van der Waals surface area contributed by atoms with Gasteiger partial charge < -0.3 is 0 Å². The zero-order chi connectivity index (χ0) is 4.69. The quantitative estimate of drug-likeness (QED) is 0.413. The van der Waals surface area contributed by atoms with Gasteiger partial charge in [-0.1, -0.05) is 32.5 Å². The largest absolute Gasteiger partial charge is 0.0868 e. The first-order chi connectivity index (χ1) is 3.47. The molecule has 0 aromatic rings. The fourth-order valence-electron chi connectivity index (χ4n) is 0.730. The number of rotatable bonds is 0. The molecule has 0 amide bonds. The molecule has 0 bridgehead atoms. The maximum atomic E-state index is 2.25. The minimum absolute atomic E-state index is 0.824. The first kappa shape index (κ1) is 3.63. The Labute approximate surface area is 44.3 Å². The van der Waals surface area contributed by atoms with Crippen LogP contribution in [0.15, 0.2) is 24.3 Å². The summed E-state index contributed by atoms with van der Waals surface area (Å²) >= 11 is 0. The van der Waals surface area contributed by atoms with Gasteiger partial charge in [0.2, 0.25) is 0 Å². The molecule has 0 aromatic carbocycles. The lowest BCUT2D eigenvalue weighted by molar-refractivity contribution is 1.58. The molecule has 2 rings (SSSR count). The van der Waals surface area contributed by atoms with Crippen LogP contribution < -0.4 is 0 Å². The Morgan fingerprint density at radius 3 is 3.00 bits per heavy atom. The normalized spacial score (nSPS) is 34.3. The van der Waals surface area contributed by atoms with Crippen LogP contribution in [0.2, 0.25) is 0 Å². The minimum Gasteiger partial charge on any atom is -0.0868 e. The molecule has 0 spiro atoms. The van der Waals surface area contributed by atoms with Crippen molar-refractivity contribution in [3.05, 3.63) is 24.3 Å². The molecule has 0 saturated carbocycles. The summed E-state index contributed by atoms with van der Waals surface area (Å²) in [5.41, 5.74) is 0.824. The summed E-state index contributed by atoms with van der Waals surface area (Å²) in [6.07, 6.45) is 8.67. The summed E-state index contributed by atoms with van der Waals surface area (Å²) in [4.78, 5) is 0. The van der Waals surface area contributed by atoms with Gasteiger partial charge in [-0.2, -0.15) is 0 Å². The molecular weight excluding hydrogens is 103 g/mol. The summed E-state index contributed by atoms with van der Waals surface area (Å²) in [6, 6.07) is 0. The smallest absolute Gasteiger partial charge is 0.0485 e. The van der Waals surface area contributed by atoms with Crippen LogP contribution in [0, 0.1) is 0 Å². The SMILES string of the molecule is C1=CC2=PC2C=C1. The van der Waals surface area contributed by atoms with Gasteiger partial charge in [0.05, 0.1) is 0 Å². The molecule has 1 aliphatic carbocycles. The Morgan fingerprint density at radius 2 is 2.43 bits per heavy atom. The molecule has 0 radical (unpaired) electrons. The first-order valence-electron chi connectivity index (χ1n) is 2.39. The lowest BCUT2D eigenvalue weighted by Crippen LogP contribution is -1.89. The second kappa shape index (κ2) is 1.08. The fraction of sp³-hybridized carbons (Fsp3) is 0.167. The van der Waals surface area contributed by atoms with Gasteiger partial charge in [0.1, 0.15) is 0 Å². The van der Waals surface area contributed by atoms with E-state index in [-0.39, 0.29) is 0 Å². The average Bonchev–Trinajstić information content (AvgIpc) is 2.41. The van der Waals surface area contributed by atoms with Crippen molar-refractivity contribution in [2.24, 2.45) is 0 Å². The van der Waals surface area contributed by atoms with Crippen LogP contribution >= 0.6 is 8.20 Å². The van der Waals surface area contributed by atoms with Crippen LogP contribution in [0.1, 0.15) is 0 Å². The Morgan fingerprint density at radius 1 is 1.43 bits per heavy atom. The summed E-state index contributed by atoms with van der Waals surface area (Å²) in [6.45, 7) is 0. The van der Waals surface area contributed by atoms with E-state index in [1.54, 1.807) is 5.29 Å². The number of hydrogen-bond donors (Lipinski definition) is 0. The van der Waals surface area contributed by atoms with Crippen LogP contribution in [0.5, 0.6) is 0 Å². The van der Waals surface area contributed by atoms with Crippen LogP contribution in [0.3, 0.4) is 0 Å². The molecule has 0 saturated heterocycles. The number of hydrogen-bond acceptors (Lipinski definition) is 0. The lowest BCUT2D eigenvalue weighted by Gasteiger charge is -1.86. The Hall–Kier alpha value is -0.350. The predicted molar refractivity (Wildman–Crippen MR) is 34.0 cm³/mol. The molecule has 0 nitrogen and oxygen atoms in total. The zero-order valence-corrected chi connectivity index (χ0v) is 4.73. The predicted octanol–water partition coefficient (Wildman–Crippen LogP) is 1.61. The van der Waals surface area contributed by atoms with Crippen molar-refractivity contribution in [1.29, 1.82) is 0 Å². The highest BCUT2D eigenvalue weighted by atomic mass is 31.1. The summed E-state index contributed by atoms with van der Waals surface area (Å²) in [5, 5.41) is 1.59. The van der Waals surface area contributed by atoms with Crippen LogP contribution in [0.25, 0.3) is 0 Å².